The molecule has 4 heterocycles. The summed E-state index contributed by atoms with van der Waals surface area (Å²) in [7, 11) is 0. The molecule has 0 spiro atoms. The number of H-pyrrole nitrogens is 1. The van der Waals surface area contributed by atoms with Crippen LogP contribution in [0.2, 0.25) is 0 Å². The van der Waals surface area contributed by atoms with E-state index in [-0.39, 0.29) is 17.4 Å². The quantitative estimate of drug-likeness (QED) is 0.624. The van der Waals surface area contributed by atoms with Gasteiger partial charge in [0.2, 0.25) is 0 Å². The number of aromatic nitrogens is 2. The molecular formula is C20H24N3O3S2+. The molecule has 2 N–H and O–H groups in total. The molecule has 1 fully saturated rings. The summed E-state index contributed by atoms with van der Waals surface area (Å²) in [4.78, 5) is 36.9. The molecule has 0 aliphatic carbocycles. The van der Waals surface area contributed by atoms with Gasteiger partial charge in [0.1, 0.15) is 17.3 Å². The number of aryl methyl sites for hydroxylation is 1. The van der Waals surface area contributed by atoms with Gasteiger partial charge in [-0.3, -0.25) is 9.59 Å². The molecule has 0 amide bonds. The molecule has 4 rings (SSSR count). The predicted octanol–water partition coefficient (Wildman–Crippen LogP) is 2.38. The first kappa shape index (κ1) is 19.3. The molecule has 0 radical (unpaired) electrons. The number of esters is 1. The Bertz CT molecular complexity index is 1050. The number of nitrogens with zero attached hydrogens (tertiary/aromatic N) is 1. The molecule has 0 aromatic carbocycles. The molecule has 2 atom stereocenters. The van der Waals surface area contributed by atoms with Crippen LogP contribution in [0.4, 0.5) is 0 Å². The second-order valence-electron chi connectivity index (χ2n) is 7.22. The minimum Gasteiger partial charge on any atom is -0.466 e. The number of thiophene rings is 2. The number of fused-ring (bicyclic) bond motifs is 1. The van der Waals surface area contributed by atoms with Crippen molar-refractivity contribution in [2.45, 2.75) is 33.2 Å². The van der Waals surface area contributed by atoms with Crippen LogP contribution >= 0.6 is 22.7 Å². The smallest absolute Gasteiger partial charge is 0.314 e. The summed E-state index contributed by atoms with van der Waals surface area (Å²) in [6.45, 7) is 6.63. The van der Waals surface area contributed by atoms with E-state index in [0.717, 1.165) is 41.2 Å². The number of hydrogen-bond donors (Lipinski definition) is 2. The van der Waals surface area contributed by atoms with Crippen LogP contribution in [0.25, 0.3) is 20.7 Å². The van der Waals surface area contributed by atoms with Crippen molar-refractivity contribution in [2.75, 3.05) is 19.7 Å². The second-order valence-corrected chi connectivity index (χ2v) is 9.37. The van der Waals surface area contributed by atoms with Gasteiger partial charge < -0.3 is 14.6 Å². The lowest BCUT2D eigenvalue weighted by Crippen LogP contribution is -3.12. The first-order valence-electron chi connectivity index (χ1n) is 9.62. The van der Waals surface area contributed by atoms with Gasteiger partial charge in [-0.25, -0.2) is 4.98 Å². The lowest BCUT2D eigenvalue weighted by molar-refractivity contribution is -0.921. The Morgan fingerprint density at radius 1 is 1.43 bits per heavy atom. The maximum absolute atomic E-state index is 12.8. The Morgan fingerprint density at radius 3 is 3.04 bits per heavy atom. The van der Waals surface area contributed by atoms with Crippen LogP contribution in [0.15, 0.2) is 22.3 Å². The zero-order valence-corrected chi connectivity index (χ0v) is 17.7. The standard InChI is InChI=1S/C20H23N3O3S2/c1-3-26-20(25)13-5-4-8-23(9-13)10-16-21-18(24)17-14(11-27-19(17)22-16)15-7-6-12(2)28-15/h6-7,11,13H,3-5,8-10H2,1-2H3,(H,21,22,24)/p+1/t13-/m1/s1. The van der Waals surface area contributed by atoms with Gasteiger partial charge in [0.05, 0.1) is 25.1 Å². The summed E-state index contributed by atoms with van der Waals surface area (Å²) in [5, 5.41) is 2.70. The maximum atomic E-state index is 12.8. The Kier molecular flexibility index (Phi) is 5.61. The zero-order valence-electron chi connectivity index (χ0n) is 16.0. The first-order valence-corrected chi connectivity index (χ1v) is 11.3. The van der Waals surface area contributed by atoms with Crippen molar-refractivity contribution >= 4 is 38.9 Å². The molecular weight excluding hydrogens is 394 g/mol. The summed E-state index contributed by atoms with van der Waals surface area (Å²) in [6, 6.07) is 4.13. The summed E-state index contributed by atoms with van der Waals surface area (Å²) in [5.74, 6) is 0.521. The van der Waals surface area contributed by atoms with E-state index < -0.39 is 0 Å². The molecule has 3 aromatic heterocycles. The van der Waals surface area contributed by atoms with E-state index in [1.54, 1.807) is 11.3 Å². The Morgan fingerprint density at radius 2 is 2.29 bits per heavy atom. The highest BCUT2D eigenvalue weighted by molar-refractivity contribution is 7.19. The number of rotatable bonds is 5. The second kappa shape index (κ2) is 8.14. The number of carbonyl (C=O) groups excluding carboxylic acids is 1. The minimum atomic E-state index is -0.106. The van der Waals surface area contributed by atoms with Crippen molar-refractivity contribution in [2.24, 2.45) is 5.92 Å². The van der Waals surface area contributed by atoms with Crippen LogP contribution in [-0.2, 0) is 16.1 Å². The van der Waals surface area contributed by atoms with Crippen molar-refractivity contribution in [1.29, 1.82) is 0 Å². The largest absolute Gasteiger partial charge is 0.466 e. The van der Waals surface area contributed by atoms with Gasteiger partial charge in [-0.1, -0.05) is 0 Å². The van der Waals surface area contributed by atoms with E-state index in [1.807, 2.05) is 12.3 Å². The molecule has 8 heteroatoms. The van der Waals surface area contributed by atoms with Crippen LogP contribution in [0.1, 0.15) is 30.5 Å². The number of nitrogens with one attached hydrogen (secondary N) is 2. The highest BCUT2D eigenvalue weighted by Crippen LogP contribution is 2.34. The SMILES string of the molecule is CCOC(=O)[C@@H]1CCC[NH+](Cc2nc3scc(-c4ccc(C)s4)c3c(=O)[nH]2)C1. The van der Waals surface area contributed by atoms with Crippen molar-refractivity contribution in [3.63, 3.8) is 0 Å². The summed E-state index contributed by atoms with van der Waals surface area (Å²) in [5.41, 5.74) is 0.881. The Hall–Kier alpha value is -2.03. The summed E-state index contributed by atoms with van der Waals surface area (Å²) >= 11 is 3.20. The predicted molar refractivity (Wildman–Crippen MR) is 112 cm³/mol. The third-order valence-corrected chi connectivity index (χ3v) is 7.06. The number of likely N-dealkylation sites (tertiary alicyclic amines) is 1. The van der Waals surface area contributed by atoms with Gasteiger partial charge in [0.15, 0.2) is 5.82 Å². The fourth-order valence-electron chi connectivity index (χ4n) is 3.85. The molecule has 1 aliphatic rings. The van der Waals surface area contributed by atoms with Gasteiger partial charge in [-0.05, 0) is 38.8 Å². The number of ether oxygens (including phenoxy) is 1. The number of hydrogen-bond acceptors (Lipinski definition) is 6. The van der Waals surface area contributed by atoms with Crippen LogP contribution in [0, 0.1) is 12.8 Å². The van der Waals surface area contributed by atoms with Gasteiger partial charge in [-0.15, -0.1) is 22.7 Å². The average molecular weight is 419 g/mol. The van der Waals surface area contributed by atoms with Crippen LogP contribution in [0.3, 0.4) is 0 Å². The highest BCUT2D eigenvalue weighted by Gasteiger charge is 2.30. The van der Waals surface area contributed by atoms with E-state index in [4.69, 9.17) is 9.72 Å². The van der Waals surface area contributed by atoms with Crippen LogP contribution in [-0.4, -0.2) is 35.6 Å². The summed E-state index contributed by atoms with van der Waals surface area (Å²) in [6.07, 6.45) is 1.85. The molecule has 148 valence electrons. The van der Waals surface area contributed by atoms with Crippen LogP contribution in [0.5, 0.6) is 0 Å². The highest BCUT2D eigenvalue weighted by atomic mass is 32.1. The zero-order chi connectivity index (χ0) is 19.7. The van der Waals surface area contributed by atoms with Gasteiger partial charge in [0.25, 0.3) is 5.56 Å². The van der Waals surface area contributed by atoms with Crippen LogP contribution < -0.4 is 10.5 Å². The number of piperidine rings is 1. The fourth-order valence-corrected chi connectivity index (χ4v) is 5.77. The van der Waals surface area contributed by atoms with Crippen molar-refractivity contribution in [3.05, 3.63) is 38.6 Å². The topological polar surface area (TPSA) is 76.5 Å². The molecule has 3 aromatic rings. The fraction of sp³-hybridized carbons (Fsp3) is 0.450. The van der Waals surface area contributed by atoms with E-state index in [9.17, 15) is 9.59 Å². The van der Waals surface area contributed by atoms with Crippen molar-refractivity contribution < 1.29 is 14.4 Å². The number of carbonyl (C=O) groups is 1. The van der Waals surface area contributed by atoms with Gasteiger partial charge >= 0.3 is 5.97 Å². The molecule has 0 saturated carbocycles. The van der Waals surface area contributed by atoms with E-state index in [1.165, 1.54) is 21.1 Å². The third kappa shape index (κ3) is 3.90. The van der Waals surface area contributed by atoms with E-state index in [2.05, 4.69) is 24.0 Å². The van der Waals surface area contributed by atoms with Gasteiger partial charge in [0, 0.05) is 20.7 Å². The Labute approximate surface area is 171 Å². The lowest BCUT2D eigenvalue weighted by atomic mass is 9.98. The normalized spacial score (nSPS) is 19.8. The van der Waals surface area contributed by atoms with Gasteiger partial charge in [-0.2, -0.15) is 0 Å². The van der Waals surface area contributed by atoms with E-state index in [0.29, 0.717) is 24.4 Å². The molecule has 1 unspecified atom stereocenters. The molecule has 6 nitrogen and oxygen atoms in total. The maximum Gasteiger partial charge on any atom is 0.314 e. The number of aromatic amines is 1. The average Bonchev–Trinajstić information content (AvgIpc) is 3.28. The van der Waals surface area contributed by atoms with Crippen molar-refractivity contribution in [1.82, 2.24) is 9.97 Å². The van der Waals surface area contributed by atoms with E-state index >= 15 is 0 Å². The third-order valence-electron chi connectivity index (χ3n) is 5.15. The molecule has 28 heavy (non-hydrogen) atoms. The lowest BCUT2D eigenvalue weighted by Gasteiger charge is -2.28. The molecule has 1 saturated heterocycles. The molecule has 0 bridgehead atoms. The molecule has 1 aliphatic heterocycles. The first-order chi connectivity index (χ1) is 13.5. The Balaban J connectivity index is 1.55. The number of quaternary nitrogens is 1. The van der Waals surface area contributed by atoms with Crippen molar-refractivity contribution in [3.8, 4) is 10.4 Å². The summed E-state index contributed by atoms with van der Waals surface area (Å²) < 4.78 is 5.18. The minimum absolute atomic E-state index is 0.0606. The monoisotopic (exact) mass is 418 g/mol.